The first kappa shape index (κ1) is 29.7. The highest BCUT2D eigenvalue weighted by molar-refractivity contribution is 6.49. The van der Waals surface area contributed by atoms with Crippen LogP contribution < -0.4 is 10.6 Å². The monoisotopic (exact) mass is 587 g/mol. The van der Waals surface area contributed by atoms with E-state index in [1.165, 1.54) is 11.3 Å². The molecule has 230 valence electrons. The fourth-order valence-corrected chi connectivity index (χ4v) is 7.30. The molecule has 0 spiro atoms. The molecule has 2 aliphatic carbocycles. The van der Waals surface area contributed by atoms with E-state index >= 15 is 0 Å². The number of nitrogens with one attached hydrogen (secondary N) is 2. The molecule has 43 heavy (non-hydrogen) atoms. The number of rotatable bonds is 8. The summed E-state index contributed by atoms with van der Waals surface area (Å²) < 4.78 is 0. The summed E-state index contributed by atoms with van der Waals surface area (Å²) in [6.45, 7) is 7.37. The van der Waals surface area contributed by atoms with Gasteiger partial charge in [-0.1, -0.05) is 62.8 Å². The fourth-order valence-electron chi connectivity index (χ4n) is 7.30. The predicted molar refractivity (Wildman–Crippen MR) is 168 cm³/mol. The largest absolute Gasteiger partial charge is 0.351 e. The zero-order chi connectivity index (χ0) is 29.8. The van der Waals surface area contributed by atoms with E-state index in [0.29, 0.717) is 18.1 Å². The average Bonchev–Trinajstić information content (AvgIpc) is 3.40. The van der Waals surface area contributed by atoms with Gasteiger partial charge >= 0.3 is 6.03 Å². The van der Waals surface area contributed by atoms with Crippen LogP contribution in [0.4, 0.5) is 4.79 Å². The van der Waals surface area contributed by atoms with Crippen molar-refractivity contribution in [3.63, 3.8) is 0 Å². The zero-order valence-corrected chi connectivity index (χ0v) is 25.4. The zero-order valence-electron chi connectivity index (χ0n) is 25.4. The van der Waals surface area contributed by atoms with Crippen molar-refractivity contribution in [1.82, 2.24) is 25.3 Å². The SMILES string of the molecule is CC12N=C(c3ccc(/C=C/C(=O)NCCN4CCNCC4)cc3)N=C1C(=O)N(C1CCCCC1)C(=O)N2C1CCCCC1. The highest BCUT2D eigenvalue weighted by atomic mass is 16.2. The summed E-state index contributed by atoms with van der Waals surface area (Å²) in [5, 5.41) is 6.30. The summed E-state index contributed by atoms with van der Waals surface area (Å²) in [5.74, 6) is 0.0788. The van der Waals surface area contributed by atoms with Crippen molar-refractivity contribution in [3.05, 3.63) is 41.5 Å². The number of imide groups is 1. The average molecular weight is 588 g/mol. The molecule has 6 rings (SSSR count). The molecule has 4 amide bonds. The Kier molecular flexibility index (Phi) is 9.04. The molecule has 0 bridgehead atoms. The number of aliphatic imine (C=N–C) groups is 2. The Morgan fingerprint density at radius 3 is 2.30 bits per heavy atom. The van der Waals surface area contributed by atoms with Crippen molar-refractivity contribution in [3.8, 4) is 0 Å². The molecule has 1 atom stereocenters. The van der Waals surface area contributed by atoms with Crippen molar-refractivity contribution in [1.29, 1.82) is 0 Å². The van der Waals surface area contributed by atoms with Crippen molar-refractivity contribution >= 4 is 35.5 Å². The van der Waals surface area contributed by atoms with E-state index < -0.39 is 5.66 Å². The van der Waals surface area contributed by atoms with Gasteiger partial charge in [0.05, 0.1) is 0 Å². The Bertz CT molecular complexity index is 1290. The van der Waals surface area contributed by atoms with Gasteiger partial charge < -0.3 is 10.6 Å². The summed E-state index contributed by atoms with van der Waals surface area (Å²) in [7, 11) is 0. The number of hydrogen-bond donors (Lipinski definition) is 2. The van der Waals surface area contributed by atoms with Gasteiger partial charge in [0.25, 0.3) is 5.91 Å². The van der Waals surface area contributed by atoms with Gasteiger partial charge in [0.15, 0.2) is 17.2 Å². The van der Waals surface area contributed by atoms with Gasteiger partial charge in [0, 0.05) is 63.0 Å². The van der Waals surface area contributed by atoms with Gasteiger partial charge in [-0.2, -0.15) is 0 Å². The highest BCUT2D eigenvalue weighted by Gasteiger charge is 2.57. The lowest BCUT2D eigenvalue weighted by Gasteiger charge is -2.50. The lowest BCUT2D eigenvalue weighted by atomic mass is 9.88. The highest BCUT2D eigenvalue weighted by Crippen LogP contribution is 2.40. The Morgan fingerprint density at radius 2 is 1.63 bits per heavy atom. The molecule has 1 unspecified atom stereocenters. The maximum Gasteiger partial charge on any atom is 0.329 e. The maximum absolute atomic E-state index is 14.1. The molecule has 3 heterocycles. The van der Waals surface area contributed by atoms with Crippen molar-refractivity contribution in [2.75, 3.05) is 39.3 Å². The summed E-state index contributed by atoms with van der Waals surface area (Å²) in [6.07, 6.45) is 13.5. The second-order valence-corrected chi connectivity index (χ2v) is 12.7. The molecule has 1 aromatic carbocycles. The summed E-state index contributed by atoms with van der Waals surface area (Å²) in [4.78, 5) is 56.0. The first-order chi connectivity index (χ1) is 20.9. The quantitative estimate of drug-likeness (QED) is 0.452. The van der Waals surface area contributed by atoms with Crippen LogP contribution in [-0.2, 0) is 9.59 Å². The van der Waals surface area contributed by atoms with Crippen molar-refractivity contribution < 1.29 is 14.4 Å². The smallest absolute Gasteiger partial charge is 0.329 e. The third-order valence-corrected chi connectivity index (χ3v) is 9.71. The lowest BCUT2D eigenvalue weighted by molar-refractivity contribution is -0.127. The van der Waals surface area contributed by atoms with Crippen LogP contribution >= 0.6 is 0 Å². The van der Waals surface area contributed by atoms with E-state index in [0.717, 1.165) is 102 Å². The molecule has 0 aromatic heterocycles. The number of amidine groups is 1. The van der Waals surface area contributed by atoms with E-state index in [1.54, 1.807) is 12.2 Å². The van der Waals surface area contributed by atoms with Crippen molar-refractivity contribution in [2.45, 2.75) is 88.9 Å². The number of carbonyl (C=O) groups is 3. The molecular formula is C33H45N7O3. The Balaban J connectivity index is 1.17. The van der Waals surface area contributed by atoms with Crippen LogP contribution in [0.2, 0.25) is 0 Å². The van der Waals surface area contributed by atoms with Crippen LogP contribution in [0.5, 0.6) is 0 Å². The van der Waals surface area contributed by atoms with Crippen LogP contribution in [0.1, 0.15) is 82.3 Å². The van der Waals surface area contributed by atoms with E-state index in [-0.39, 0.29) is 29.9 Å². The van der Waals surface area contributed by atoms with Gasteiger partial charge in [-0.3, -0.25) is 24.3 Å². The molecule has 1 aromatic rings. The molecular weight excluding hydrogens is 542 g/mol. The topological polar surface area (TPSA) is 110 Å². The third-order valence-electron chi connectivity index (χ3n) is 9.71. The van der Waals surface area contributed by atoms with Gasteiger partial charge in [-0.25, -0.2) is 14.8 Å². The van der Waals surface area contributed by atoms with E-state index in [2.05, 4.69) is 15.5 Å². The minimum Gasteiger partial charge on any atom is -0.351 e. The van der Waals surface area contributed by atoms with E-state index in [9.17, 15) is 14.4 Å². The Hall–Kier alpha value is -3.37. The number of hydrogen-bond acceptors (Lipinski definition) is 7. The molecule has 3 aliphatic heterocycles. The molecule has 2 saturated carbocycles. The number of fused-ring (bicyclic) bond motifs is 1. The van der Waals surface area contributed by atoms with Gasteiger partial charge in [-0.05, 0) is 44.2 Å². The van der Waals surface area contributed by atoms with Gasteiger partial charge in [0.1, 0.15) is 0 Å². The molecule has 10 nitrogen and oxygen atoms in total. The maximum atomic E-state index is 14.1. The number of urea groups is 1. The molecule has 4 fully saturated rings. The third kappa shape index (κ3) is 6.31. The minimum atomic E-state index is -1.10. The molecule has 0 radical (unpaired) electrons. The van der Waals surface area contributed by atoms with E-state index in [4.69, 9.17) is 9.98 Å². The standard InChI is InChI=1S/C33H45N7O3/c1-33-29(31(42)39(26-8-4-2-5-9-26)32(43)40(33)27-10-6-3-7-11-27)36-30(37-33)25-15-12-24(13-16-25)14-17-28(41)35-20-23-38-21-18-34-19-22-38/h12-17,26-27,34H,2-11,18-23H2,1H3,(H,35,41)/b17-14+. The summed E-state index contributed by atoms with van der Waals surface area (Å²) in [5.41, 5.74) is 0.931. The second-order valence-electron chi connectivity index (χ2n) is 12.7. The minimum absolute atomic E-state index is 0.0502. The van der Waals surface area contributed by atoms with Gasteiger partial charge in [-0.15, -0.1) is 0 Å². The normalized spacial score (nSPS) is 26.1. The Morgan fingerprint density at radius 1 is 0.977 bits per heavy atom. The van der Waals surface area contributed by atoms with Crippen LogP contribution in [0.25, 0.3) is 6.08 Å². The number of piperazine rings is 1. The molecule has 10 heteroatoms. The van der Waals surface area contributed by atoms with Crippen LogP contribution in [0.15, 0.2) is 40.3 Å². The lowest BCUT2D eigenvalue weighted by Crippen LogP contribution is -2.71. The molecule has 2 saturated heterocycles. The first-order valence-electron chi connectivity index (χ1n) is 16.3. The van der Waals surface area contributed by atoms with Crippen LogP contribution in [0, 0.1) is 0 Å². The molecule has 2 N–H and O–H groups in total. The number of amides is 4. The predicted octanol–water partition coefficient (Wildman–Crippen LogP) is 3.57. The first-order valence-corrected chi connectivity index (χ1v) is 16.3. The van der Waals surface area contributed by atoms with E-state index in [1.807, 2.05) is 36.1 Å². The van der Waals surface area contributed by atoms with Crippen LogP contribution in [0.3, 0.4) is 0 Å². The fraction of sp³-hybridized carbons (Fsp3) is 0.606. The number of benzene rings is 1. The van der Waals surface area contributed by atoms with Crippen molar-refractivity contribution in [2.24, 2.45) is 9.98 Å². The molecule has 5 aliphatic rings. The van der Waals surface area contributed by atoms with Gasteiger partial charge in [0.2, 0.25) is 5.91 Å². The number of carbonyl (C=O) groups excluding carboxylic acids is 3. The Labute approximate surface area is 254 Å². The summed E-state index contributed by atoms with van der Waals surface area (Å²) >= 11 is 0. The van der Waals surface area contributed by atoms with Crippen LogP contribution in [-0.4, -0.2) is 101 Å². The summed E-state index contributed by atoms with van der Waals surface area (Å²) in [6, 6.07) is 7.47. The second kappa shape index (κ2) is 13.1. The number of nitrogens with zero attached hydrogens (tertiary/aromatic N) is 5.